The minimum atomic E-state index is -5.11. The molecule has 1 amide bonds. The van der Waals surface area contributed by atoms with Crippen LogP contribution >= 0.6 is 7.82 Å². The summed E-state index contributed by atoms with van der Waals surface area (Å²) in [4.78, 5) is 47.4. The quantitative estimate of drug-likeness (QED) is 0.162. The number of nitrogen functional groups attached to an aromatic ring is 1. The van der Waals surface area contributed by atoms with Crippen LogP contribution in [0.3, 0.4) is 0 Å². The van der Waals surface area contributed by atoms with Crippen molar-refractivity contribution in [2.45, 2.75) is 24.5 Å². The van der Waals surface area contributed by atoms with Gasteiger partial charge in [0.25, 0.3) is 5.89 Å². The second-order valence-electron chi connectivity index (χ2n) is 9.31. The molecule has 4 aromatic heterocycles. The molecule has 0 unspecified atom stereocenters. The van der Waals surface area contributed by atoms with Crippen LogP contribution in [0.4, 0.5) is 16.5 Å². The summed E-state index contributed by atoms with van der Waals surface area (Å²) in [5, 5.41) is 13.9. The number of oxazole rings is 1. The Hall–Kier alpha value is -4.78. The van der Waals surface area contributed by atoms with E-state index in [-0.39, 0.29) is 41.3 Å². The number of nitrogens with two attached hydrogens (primary N) is 1. The second kappa shape index (κ2) is 10.2. The zero-order chi connectivity index (χ0) is 29.9. The van der Waals surface area contributed by atoms with E-state index >= 15 is 0 Å². The van der Waals surface area contributed by atoms with E-state index in [2.05, 4.69) is 25.3 Å². The van der Waals surface area contributed by atoms with E-state index in [4.69, 9.17) is 38.0 Å². The molecule has 0 bridgehead atoms. The topological polar surface area (TPSA) is 262 Å². The highest BCUT2D eigenvalue weighted by atomic mass is 31.2. The molecule has 7 rings (SSSR count). The molecule has 0 spiro atoms. The van der Waals surface area contributed by atoms with Crippen LogP contribution in [0, 0.1) is 0 Å². The van der Waals surface area contributed by atoms with E-state index < -0.39 is 45.1 Å². The molecule has 1 aromatic carbocycles. The van der Waals surface area contributed by atoms with Gasteiger partial charge >= 0.3 is 13.9 Å². The summed E-state index contributed by atoms with van der Waals surface area (Å²) in [6.45, 7) is -0.467. The van der Waals surface area contributed by atoms with E-state index in [9.17, 15) is 24.3 Å². The lowest BCUT2D eigenvalue weighted by Gasteiger charge is -2.20. The van der Waals surface area contributed by atoms with Crippen LogP contribution in [0.5, 0.6) is 11.5 Å². The molecule has 20 heteroatoms. The first-order chi connectivity index (χ1) is 20.6. The van der Waals surface area contributed by atoms with Gasteiger partial charge in [0.1, 0.15) is 42.3 Å². The summed E-state index contributed by atoms with van der Waals surface area (Å²) < 4.78 is 50.7. The normalized spacial score (nSPS) is 21.6. The molecule has 0 aliphatic carbocycles. The fourth-order valence-corrected chi connectivity index (χ4v) is 5.28. The van der Waals surface area contributed by atoms with Gasteiger partial charge in [0.15, 0.2) is 35.0 Å². The molecule has 1 fully saturated rings. The van der Waals surface area contributed by atoms with Crippen molar-refractivity contribution in [2.24, 2.45) is 0 Å². The molecule has 2 aliphatic rings. The van der Waals surface area contributed by atoms with Crippen molar-refractivity contribution < 1.29 is 56.6 Å². The third-order valence-corrected chi connectivity index (χ3v) is 7.08. The highest BCUT2D eigenvalue weighted by Crippen LogP contribution is 2.44. The number of nitrogens with one attached hydrogen (secondary N) is 1. The summed E-state index contributed by atoms with van der Waals surface area (Å²) >= 11 is 0. The largest absolute Gasteiger partial charge is 0.470 e. The highest BCUT2D eigenvalue weighted by molar-refractivity contribution is 7.46. The predicted octanol–water partition coefficient (Wildman–Crippen LogP) is 1.52. The van der Waals surface area contributed by atoms with Gasteiger partial charge in [-0.05, 0) is 12.1 Å². The van der Waals surface area contributed by atoms with Crippen LogP contribution in [0.1, 0.15) is 6.23 Å². The number of rotatable bonds is 7. The lowest BCUT2D eigenvalue weighted by Crippen LogP contribution is -2.36. The zero-order valence-corrected chi connectivity index (χ0v) is 22.4. The SMILES string of the molecule is Nc1ncnc2c1ncn2[C@@H]1O[C@H](COC(=O)Nc2cnc(-c3cc4cc5c(cc4o3)OCO5)o2)[C@@H](OP(=O)(O)O)[C@H]1O. The van der Waals surface area contributed by atoms with Crippen molar-refractivity contribution in [1.82, 2.24) is 24.5 Å². The fraction of sp³-hybridized carbons (Fsp3) is 0.261. The molecule has 6 N–H and O–H groups in total. The Morgan fingerprint density at radius 2 is 1.95 bits per heavy atom. The number of phosphoric acid groups is 1. The number of benzene rings is 1. The molecule has 4 atom stereocenters. The molecule has 5 aromatic rings. The average Bonchev–Trinajstić information content (AvgIpc) is 3.77. The number of aliphatic hydroxyl groups is 1. The predicted molar refractivity (Wildman–Crippen MR) is 139 cm³/mol. The first-order valence-electron chi connectivity index (χ1n) is 12.4. The van der Waals surface area contributed by atoms with Gasteiger partial charge in [0.05, 0.1) is 12.5 Å². The number of aromatic nitrogens is 5. The number of imidazole rings is 1. The average molecular weight is 617 g/mol. The van der Waals surface area contributed by atoms with Crippen LogP contribution in [0.25, 0.3) is 33.8 Å². The molecule has 0 saturated carbocycles. The maximum atomic E-state index is 12.5. The van der Waals surface area contributed by atoms with Gasteiger partial charge in [-0.15, -0.1) is 0 Å². The Kier molecular flexibility index (Phi) is 6.42. The smallest absolute Gasteiger partial charge is 0.454 e. The Balaban J connectivity index is 1.03. The zero-order valence-electron chi connectivity index (χ0n) is 21.5. The van der Waals surface area contributed by atoms with Crippen LogP contribution in [-0.2, 0) is 18.6 Å². The van der Waals surface area contributed by atoms with Gasteiger partial charge in [-0.1, -0.05) is 0 Å². The van der Waals surface area contributed by atoms with Gasteiger partial charge in [0.2, 0.25) is 12.7 Å². The number of aliphatic hydroxyl groups excluding tert-OH is 1. The second-order valence-corrected chi connectivity index (χ2v) is 10.5. The molecule has 43 heavy (non-hydrogen) atoms. The van der Waals surface area contributed by atoms with Crippen molar-refractivity contribution in [3.63, 3.8) is 0 Å². The number of carbonyl (C=O) groups is 1. The Morgan fingerprint density at radius 1 is 1.14 bits per heavy atom. The number of hydrogen-bond donors (Lipinski definition) is 5. The summed E-state index contributed by atoms with van der Waals surface area (Å²) in [6.07, 6.45) is -3.24. The van der Waals surface area contributed by atoms with E-state index in [1.807, 2.05) is 0 Å². The minimum absolute atomic E-state index is 0.0608. The summed E-state index contributed by atoms with van der Waals surface area (Å²) in [5.74, 6) is 1.43. The summed E-state index contributed by atoms with van der Waals surface area (Å²) in [5.41, 5.74) is 6.71. The Morgan fingerprint density at radius 3 is 2.77 bits per heavy atom. The van der Waals surface area contributed by atoms with Gasteiger partial charge in [-0.3, -0.25) is 14.4 Å². The van der Waals surface area contributed by atoms with Gasteiger partial charge < -0.3 is 48.4 Å². The molecule has 1 saturated heterocycles. The number of furan rings is 1. The van der Waals surface area contributed by atoms with Gasteiger partial charge in [0, 0.05) is 11.5 Å². The maximum Gasteiger partial charge on any atom is 0.470 e. The maximum absolute atomic E-state index is 12.5. The third kappa shape index (κ3) is 5.09. The lowest BCUT2D eigenvalue weighted by atomic mass is 10.1. The lowest BCUT2D eigenvalue weighted by molar-refractivity contribution is -0.0520. The molecule has 6 heterocycles. The summed E-state index contributed by atoms with van der Waals surface area (Å²) in [7, 11) is -5.11. The number of hydrogen-bond acceptors (Lipinski definition) is 15. The monoisotopic (exact) mass is 617 g/mol. The van der Waals surface area contributed by atoms with Crippen LogP contribution in [-0.4, -0.2) is 77.2 Å². The molecular formula is C23H20N7O12P. The van der Waals surface area contributed by atoms with E-state index in [0.717, 1.165) is 5.39 Å². The first-order valence-corrected chi connectivity index (χ1v) is 13.9. The molecule has 2 aliphatic heterocycles. The van der Waals surface area contributed by atoms with E-state index in [0.29, 0.717) is 17.1 Å². The van der Waals surface area contributed by atoms with E-state index in [1.54, 1.807) is 18.2 Å². The van der Waals surface area contributed by atoms with Gasteiger partial charge in [-0.25, -0.2) is 29.3 Å². The van der Waals surface area contributed by atoms with Crippen molar-refractivity contribution in [2.75, 3.05) is 24.5 Å². The number of carbonyl (C=O) groups excluding carboxylic acids is 1. The van der Waals surface area contributed by atoms with Gasteiger partial charge in [-0.2, -0.15) is 0 Å². The minimum Gasteiger partial charge on any atom is -0.454 e. The van der Waals surface area contributed by atoms with Crippen molar-refractivity contribution in [1.29, 1.82) is 0 Å². The number of phosphoric ester groups is 1. The van der Waals surface area contributed by atoms with Crippen LogP contribution in [0.15, 0.2) is 45.9 Å². The molecular weight excluding hydrogens is 597 g/mol. The van der Waals surface area contributed by atoms with Crippen LogP contribution < -0.4 is 20.5 Å². The molecule has 224 valence electrons. The Bertz CT molecular complexity index is 1860. The number of ether oxygens (including phenoxy) is 4. The third-order valence-electron chi connectivity index (χ3n) is 6.56. The number of nitrogens with zero attached hydrogens (tertiary/aromatic N) is 5. The van der Waals surface area contributed by atoms with E-state index in [1.165, 1.54) is 23.4 Å². The number of fused-ring (bicyclic) bond motifs is 3. The molecule has 0 radical (unpaired) electrons. The van der Waals surface area contributed by atoms with Crippen molar-refractivity contribution in [3.8, 4) is 23.1 Å². The highest BCUT2D eigenvalue weighted by Gasteiger charge is 2.49. The fourth-order valence-electron chi connectivity index (χ4n) is 4.70. The van der Waals surface area contributed by atoms with Crippen molar-refractivity contribution >= 4 is 47.8 Å². The summed E-state index contributed by atoms with van der Waals surface area (Å²) in [6, 6.07) is 5.10. The van der Waals surface area contributed by atoms with Crippen molar-refractivity contribution in [3.05, 3.63) is 37.1 Å². The van der Waals surface area contributed by atoms with Crippen LogP contribution in [0.2, 0.25) is 0 Å². The number of amides is 1. The molecule has 19 nitrogen and oxygen atoms in total. The first kappa shape index (κ1) is 27.1. The number of anilines is 2. The standard InChI is InChI=1S/C23H20N7O12P/c24-19-16-20(27-6-26-19)30(7-28-16)22-17(31)18(42-43(33,34)35)14(40-22)5-36-23(32)29-15-4-25-21(41-15)13-2-9-1-11-12(38-8-37-11)3-10(9)39-13/h1-4,6-7,14,17-18,22,31H,5,8H2,(H,29,32)(H2,24,26,27)(H2,33,34,35)/t14-,17-,18-,22-/m1/s1. The Labute approximate surface area is 238 Å².